The Morgan fingerprint density at radius 3 is 2.64 bits per heavy atom. The summed E-state index contributed by atoms with van der Waals surface area (Å²) in [5.41, 5.74) is 1.95. The fourth-order valence-corrected chi connectivity index (χ4v) is 2.81. The van der Waals surface area contributed by atoms with Gasteiger partial charge in [0.25, 0.3) is 0 Å². The molecule has 3 rings (SSSR count). The SMILES string of the molecule is CC(C)CC(NC(=O)CNCC1CC1)c1nc2ccccc2[nH]1.Cl.Cl. The Morgan fingerprint density at radius 1 is 1.28 bits per heavy atom. The number of aromatic nitrogens is 2. The van der Waals surface area contributed by atoms with Crippen LogP contribution in [0, 0.1) is 11.8 Å². The van der Waals surface area contributed by atoms with Gasteiger partial charge in [-0.05, 0) is 49.8 Å². The van der Waals surface area contributed by atoms with E-state index in [0.29, 0.717) is 12.5 Å². The van der Waals surface area contributed by atoms with Crippen molar-refractivity contribution in [1.82, 2.24) is 20.6 Å². The first kappa shape index (κ1) is 21.7. The highest BCUT2D eigenvalue weighted by atomic mass is 35.5. The van der Waals surface area contributed by atoms with Crippen molar-refractivity contribution in [2.75, 3.05) is 13.1 Å². The average molecular weight is 387 g/mol. The Kier molecular flexibility index (Phi) is 8.69. The van der Waals surface area contributed by atoms with Gasteiger partial charge in [0, 0.05) is 0 Å². The van der Waals surface area contributed by atoms with Gasteiger partial charge in [0.15, 0.2) is 0 Å². The number of hydrogen-bond acceptors (Lipinski definition) is 3. The summed E-state index contributed by atoms with van der Waals surface area (Å²) in [6, 6.07) is 7.89. The largest absolute Gasteiger partial charge is 0.345 e. The molecule has 0 radical (unpaired) electrons. The van der Waals surface area contributed by atoms with Crippen LogP contribution in [0.2, 0.25) is 0 Å². The van der Waals surface area contributed by atoms with E-state index in [1.165, 1.54) is 12.8 Å². The third kappa shape index (κ3) is 6.49. The third-order valence-electron chi connectivity index (χ3n) is 4.20. The van der Waals surface area contributed by atoms with Crippen LogP contribution in [0.1, 0.15) is 45.0 Å². The lowest BCUT2D eigenvalue weighted by Gasteiger charge is -2.19. The van der Waals surface area contributed by atoms with Crippen LogP contribution >= 0.6 is 24.8 Å². The number of amides is 1. The maximum absolute atomic E-state index is 12.2. The average Bonchev–Trinajstić information content (AvgIpc) is 3.22. The van der Waals surface area contributed by atoms with Crippen molar-refractivity contribution in [2.45, 2.75) is 39.2 Å². The summed E-state index contributed by atoms with van der Waals surface area (Å²) in [7, 11) is 0. The number of fused-ring (bicyclic) bond motifs is 1. The number of nitrogens with one attached hydrogen (secondary N) is 3. The normalized spacial score (nSPS) is 14.7. The van der Waals surface area contributed by atoms with Crippen LogP contribution in [0.25, 0.3) is 11.0 Å². The lowest BCUT2D eigenvalue weighted by atomic mass is 10.0. The molecule has 1 saturated carbocycles. The molecule has 1 unspecified atom stereocenters. The van der Waals surface area contributed by atoms with Gasteiger partial charge in [-0.2, -0.15) is 0 Å². The molecule has 3 N–H and O–H groups in total. The number of imidazole rings is 1. The number of H-pyrrole nitrogens is 1. The zero-order chi connectivity index (χ0) is 16.2. The molecule has 1 amide bonds. The zero-order valence-corrected chi connectivity index (χ0v) is 16.4. The summed E-state index contributed by atoms with van der Waals surface area (Å²) in [4.78, 5) is 20.2. The molecule has 1 aliphatic rings. The fraction of sp³-hybridized carbons (Fsp3) is 0.556. The van der Waals surface area contributed by atoms with Crippen LogP contribution in [0.4, 0.5) is 0 Å². The Hall–Kier alpha value is -1.30. The summed E-state index contributed by atoms with van der Waals surface area (Å²) < 4.78 is 0. The second-order valence-corrected chi connectivity index (χ2v) is 6.96. The van der Waals surface area contributed by atoms with Gasteiger partial charge in [-0.25, -0.2) is 4.98 Å². The molecule has 1 aliphatic carbocycles. The molecule has 1 fully saturated rings. The van der Waals surface area contributed by atoms with Crippen molar-refractivity contribution >= 4 is 41.8 Å². The van der Waals surface area contributed by atoms with E-state index in [1.807, 2.05) is 24.3 Å². The molecule has 0 aliphatic heterocycles. The lowest BCUT2D eigenvalue weighted by molar-refractivity contribution is -0.121. The van der Waals surface area contributed by atoms with Crippen LogP contribution in [-0.2, 0) is 4.79 Å². The van der Waals surface area contributed by atoms with Crippen molar-refractivity contribution in [3.05, 3.63) is 30.1 Å². The van der Waals surface area contributed by atoms with Gasteiger partial charge < -0.3 is 15.6 Å². The molecule has 0 bridgehead atoms. The van der Waals surface area contributed by atoms with E-state index in [1.54, 1.807) is 0 Å². The van der Waals surface area contributed by atoms with Gasteiger partial charge in [-0.3, -0.25) is 4.79 Å². The molecular weight excluding hydrogens is 359 g/mol. The van der Waals surface area contributed by atoms with E-state index in [2.05, 4.69) is 34.4 Å². The predicted octanol–water partition coefficient (Wildman–Crippen LogP) is 3.61. The highest BCUT2D eigenvalue weighted by Gasteiger charge is 2.22. The van der Waals surface area contributed by atoms with Crippen LogP contribution in [-0.4, -0.2) is 29.0 Å². The standard InChI is InChI=1S/C18H26N4O.2ClH/c1-12(2)9-16(20-17(23)11-19-10-13-7-8-13)18-21-14-5-3-4-6-15(14)22-18;;/h3-6,12-13,16,19H,7-11H2,1-2H3,(H,20,23)(H,21,22);2*1H. The number of rotatable bonds is 8. The fourth-order valence-electron chi connectivity index (χ4n) is 2.81. The van der Waals surface area contributed by atoms with E-state index in [9.17, 15) is 4.79 Å². The topological polar surface area (TPSA) is 69.8 Å². The molecule has 1 aromatic carbocycles. The highest BCUT2D eigenvalue weighted by Crippen LogP contribution is 2.27. The minimum absolute atomic E-state index is 0. The van der Waals surface area contributed by atoms with E-state index >= 15 is 0 Å². The van der Waals surface area contributed by atoms with Crippen molar-refractivity contribution in [3.8, 4) is 0 Å². The Labute approximate surface area is 161 Å². The van der Waals surface area contributed by atoms with Gasteiger partial charge in [0.05, 0.1) is 23.6 Å². The Bertz CT molecular complexity index is 637. The maximum Gasteiger partial charge on any atom is 0.234 e. The molecule has 1 heterocycles. The first-order valence-corrected chi connectivity index (χ1v) is 8.56. The van der Waals surface area contributed by atoms with Crippen molar-refractivity contribution < 1.29 is 4.79 Å². The quantitative estimate of drug-likeness (QED) is 0.648. The summed E-state index contributed by atoms with van der Waals surface area (Å²) in [5.74, 6) is 2.14. The van der Waals surface area contributed by atoms with E-state index in [-0.39, 0.29) is 36.8 Å². The number of nitrogens with zero attached hydrogens (tertiary/aromatic N) is 1. The highest BCUT2D eigenvalue weighted by molar-refractivity contribution is 5.85. The molecule has 140 valence electrons. The number of para-hydroxylation sites is 2. The molecule has 2 aromatic rings. The smallest absolute Gasteiger partial charge is 0.234 e. The molecule has 0 spiro atoms. The molecule has 25 heavy (non-hydrogen) atoms. The van der Waals surface area contributed by atoms with Crippen LogP contribution < -0.4 is 10.6 Å². The molecule has 1 aromatic heterocycles. The predicted molar refractivity (Wildman–Crippen MR) is 107 cm³/mol. The van der Waals surface area contributed by atoms with Gasteiger partial charge in [-0.1, -0.05) is 26.0 Å². The number of benzene rings is 1. The van der Waals surface area contributed by atoms with Gasteiger partial charge >= 0.3 is 0 Å². The summed E-state index contributed by atoms with van der Waals surface area (Å²) >= 11 is 0. The summed E-state index contributed by atoms with van der Waals surface area (Å²) in [5, 5.41) is 6.37. The minimum atomic E-state index is -0.0716. The summed E-state index contributed by atoms with van der Waals surface area (Å²) in [6.07, 6.45) is 3.46. The number of carbonyl (C=O) groups is 1. The second kappa shape index (κ2) is 10.00. The molecule has 1 atom stereocenters. The third-order valence-corrected chi connectivity index (χ3v) is 4.20. The first-order chi connectivity index (χ1) is 11.1. The maximum atomic E-state index is 12.2. The van der Waals surface area contributed by atoms with Crippen LogP contribution in [0.3, 0.4) is 0 Å². The van der Waals surface area contributed by atoms with E-state index < -0.39 is 0 Å². The van der Waals surface area contributed by atoms with Gasteiger partial charge in [0.2, 0.25) is 5.91 Å². The lowest BCUT2D eigenvalue weighted by Crippen LogP contribution is -2.37. The van der Waals surface area contributed by atoms with Crippen LogP contribution in [0.5, 0.6) is 0 Å². The first-order valence-electron chi connectivity index (χ1n) is 8.56. The number of halogens is 2. The zero-order valence-electron chi connectivity index (χ0n) is 14.7. The van der Waals surface area contributed by atoms with Crippen molar-refractivity contribution in [1.29, 1.82) is 0 Å². The summed E-state index contributed by atoms with van der Waals surface area (Å²) in [6.45, 7) is 5.65. The molecule has 0 saturated heterocycles. The monoisotopic (exact) mass is 386 g/mol. The molecule has 7 heteroatoms. The number of carbonyl (C=O) groups excluding carboxylic acids is 1. The van der Waals surface area contributed by atoms with Crippen molar-refractivity contribution in [2.24, 2.45) is 11.8 Å². The Balaban J connectivity index is 0.00000156. The van der Waals surface area contributed by atoms with Gasteiger partial charge in [-0.15, -0.1) is 24.8 Å². The number of aromatic amines is 1. The molecule has 5 nitrogen and oxygen atoms in total. The molecular formula is C18H28Cl2N4O. The van der Waals surface area contributed by atoms with E-state index in [4.69, 9.17) is 0 Å². The van der Waals surface area contributed by atoms with Crippen molar-refractivity contribution in [3.63, 3.8) is 0 Å². The second-order valence-electron chi connectivity index (χ2n) is 6.96. The van der Waals surface area contributed by atoms with E-state index in [0.717, 1.165) is 35.7 Å². The van der Waals surface area contributed by atoms with Crippen LogP contribution in [0.15, 0.2) is 24.3 Å². The minimum Gasteiger partial charge on any atom is -0.345 e. The Morgan fingerprint density at radius 2 is 2.00 bits per heavy atom. The van der Waals surface area contributed by atoms with Gasteiger partial charge in [0.1, 0.15) is 5.82 Å². The number of hydrogen-bond donors (Lipinski definition) is 3.